The van der Waals surface area contributed by atoms with Crippen LogP contribution in [-0.4, -0.2) is 11.9 Å². The summed E-state index contributed by atoms with van der Waals surface area (Å²) in [5.41, 5.74) is 6.29. The lowest BCUT2D eigenvalue weighted by Gasteiger charge is -2.46. The lowest BCUT2D eigenvalue weighted by atomic mass is 9.63. The highest BCUT2D eigenvalue weighted by atomic mass is 32.2. The lowest BCUT2D eigenvalue weighted by molar-refractivity contribution is -0.150. The zero-order chi connectivity index (χ0) is 16.1. The molecule has 2 aliphatic heterocycles. The molecule has 114 valence electrons. The Morgan fingerprint density at radius 3 is 2.17 bits per heavy atom. The molecule has 0 aromatic heterocycles. The minimum absolute atomic E-state index is 0.116. The molecule has 0 saturated heterocycles. The van der Waals surface area contributed by atoms with Gasteiger partial charge in [0, 0.05) is 5.92 Å². The maximum Gasteiger partial charge on any atom is 0.353 e. The summed E-state index contributed by atoms with van der Waals surface area (Å²) < 4.78 is 4.35. The van der Waals surface area contributed by atoms with Crippen molar-refractivity contribution in [2.75, 3.05) is 0 Å². The molecule has 7 rings (SSSR count). The number of ether oxygens (including phenoxy) is 1. The van der Waals surface area contributed by atoms with E-state index in [-0.39, 0.29) is 5.92 Å². The van der Waals surface area contributed by atoms with Gasteiger partial charge in [-0.25, -0.2) is 9.59 Å². The first-order valence-electron chi connectivity index (χ1n) is 7.83. The van der Waals surface area contributed by atoms with E-state index in [2.05, 4.69) is 30.3 Å². The second kappa shape index (κ2) is 3.90. The molecule has 2 bridgehead atoms. The molecule has 0 fully saturated rings. The standard InChI is InChI=1S/C20H10O3S/c21-18-16-15-9-12-10-5-1-3-7-13(10)20(15,24-17(16)19(22)23-18)14-8-4-2-6-11(12)14/h1-9,12H. The molecular formula is C20H10O3S. The Labute approximate surface area is 142 Å². The molecule has 0 amide bonds. The Kier molecular flexibility index (Phi) is 2.08. The number of allylic oxidation sites excluding steroid dienone is 1. The van der Waals surface area contributed by atoms with Gasteiger partial charge < -0.3 is 4.74 Å². The third-order valence-corrected chi connectivity index (χ3v) is 6.93. The monoisotopic (exact) mass is 330 g/mol. The van der Waals surface area contributed by atoms with Crippen LogP contribution in [0.3, 0.4) is 0 Å². The highest BCUT2D eigenvalue weighted by Crippen LogP contribution is 2.68. The highest BCUT2D eigenvalue weighted by molar-refractivity contribution is 8.05. The average Bonchev–Trinajstić information content (AvgIpc) is 3.11. The quantitative estimate of drug-likeness (QED) is 0.548. The van der Waals surface area contributed by atoms with Crippen molar-refractivity contribution < 1.29 is 14.3 Å². The van der Waals surface area contributed by atoms with Crippen LogP contribution in [0.2, 0.25) is 0 Å². The number of carbonyl (C=O) groups excluding carboxylic acids is 2. The molecule has 0 N–H and O–H groups in total. The molecule has 0 radical (unpaired) electrons. The summed E-state index contributed by atoms with van der Waals surface area (Å²) in [7, 11) is 0. The predicted octanol–water partition coefficient (Wildman–Crippen LogP) is 3.40. The summed E-state index contributed by atoms with van der Waals surface area (Å²) in [5, 5.41) is 0. The smallest absolute Gasteiger partial charge is 0.353 e. The summed E-state index contributed by atoms with van der Waals surface area (Å²) in [5.74, 6) is -0.901. The van der Waals surface area contributed by atoms with Crippen LogP contribution in [0.15, 0.2) is 70.7 Å². The Bertz CT molecular complexity index is 1010. The van der Waals surface area contributed by atoms with E-state index in [1.807, 2.05) is 24.3 Å². The number of hydrogen-bond donors (Lipinski definition) is 0. The Morgan fingerprint density at radius 2 is 1.50 bits per heavy atom. The second-order valence-electron chi connectivity index (χ2n) is 6.40. The summed E-state index contributed by atoms with van der Waals surface area (Å²) in [4.78, 5) is 24.9. The van der Waals surface area contributed by atoms with E-state index in [0.717, 1.165) is 5.57 Å². The summed E-state index contributed by atoms with van der Waals surface area (Å²) in [6, 6.07) is 16.7. The van der Waals surface area contributed by atoms with E-state index in [0.29, 0.717) is 10.5 Å². The second-order valence-corrected chi connectivity index (χ2v) is 7.62. The molecule has 5 aliphatic rings. The van der Waals surface area contributed by atoms with Crippen LogP contribution in [0.5, 0.6) is 0 Å². The van der Waals surface area contributed by atoms with Crippen molar-refractivity contribution in [3.63, 3.8) is 0 Å². The van der Waals surface area contributed by atoms with Crippen molar-refractivity contribution in [2.45, 2.75) is 10.7 Å². The van der Waals surface area contributed by atoms with Crippen molar-refractivity contribution in [3.8, 4) is 0 Å². The summed E-state index contributed by atoms with van der Waals surface area (Å²) in [6.45, 7) is 0. The normalized spacial score (nSPS) is 28.2. The Hall–Kier alpha value is -2.59. The van der Waals surface area contributed by atoms with Gasteiger partial charge in [-0.15, -0.1) is 0 Å². The third-order valence-electron chi connectivity index (χ3n) is 5.39. The number of carbonyl (C=O) groups is 2. The SMILES string of the molecule is O=C1OC(=O)C2=C1SC13C2=CC(c2ccccc21)c1ccccc13. The van der Waals surface area contributed by atoms with Crippen molar-refractivity contribution in [3.05, 3.63) is 92.9 Å². The molecule has 24 heavy (non-hydrogen) atoms. The molecule has 3 nitrogen and oxygen atoms in total. The molecule has 2 heterocycles. The van der Waals surface area contributed by atoms with Crippen LogP contribution < -0.4 is 0 Å². The molecule has 0 atom stereocenters. The van der Waals surface area contributed by atoms with Crippen LogP contribution >= 0.6 is 11.8 Å². The van der Waals surface area contributed by atoms with Gasteiger partial charge >= 0.3 is 11.9 Å². The van der Waals surface area contributed by atoms with Gasteiger partial charge in [-0.05, 0) is 27.8 Å². The third kappa shape index (κ3) is 1.19. The van der Waals surface area contributed by atoms with Gasteiger partial charge in [0.05, 0.1) is 10.3 Å². The molecule has 0 saturated carbocycles. The minimum Gasteiger partial charge on any atom is -0.385 e. The maximum atomic E-state index is 12.3. The van der Waals surface area contributed by atoms with Gasteiger partial charge in [0.25, 0.3) is 0 Å². The van der Waals surface area contributed by atoms with Crippen LogP contribution in [0.4, 0.5) is 0 Å². The minimum atomic E-state index is -0.511. The molecule has 0 unspecified atom stereocenters. The summed E-state index contributed by atoms with van der Waals surface area (Å²) >= 11 is 1.46. The number of cyclic esters (lactones) is 2. The average molecular weight is 330 g/mol. The van der Waals surface area contributed by atoms with E-state index in [1.165, 1.54) is 34.0 Å². The predicted molar refractivity (Wildman–Crippen MR) is 89.3 cm³/mol. The van der Waals surface area contributed by atoms with E-state index in [9.17, 15) is 9.59 Å². The van der Waals surface area contributed by atoms with Crippen LogP contribution in [-0.2, 0) is 19.1 Å². The van der Waals surface area contributed by atoms with Gasteiger partial charge in [-0.1, -0.05) is 66.4 Å². The summed E-state index contributed by atoms with van der Waals surface area (Å²) in [6.07, 6.45) is 2.15. The molecule has 2 aromatic carbocycles. The molecule has 3 aliphatic carbocycles. The number of esters is 2. The Morgan fingerprint density at radius 1 is 0.875 bits per heavy atom. The Balaban J connectivity index is 1.75. The van der Waals surface area contributed by atoms with Crippen molar-refractivity contribution in [1.82, 2.24) is 0 Å². The van der Waals surface area contributed by atoms with Crippen LogP contribution in [0.25, 0.3) is 0 Å². The van der Waals surface area contributed by atoms with E-state index < -0.39 is 16.7 Å². The largest absolute Gasteiger partial charge is 0.385 e. The first kappa shape index (κ1) is 12.8. The zero-order valence-corrected chi connectivity index (χ0v) is 13.2. The fourth-order valence-corrected chi connectivity index (χ4v) is 6.12. The maximum absolute atomic E-state index is 12.3. The van der Waals surface area contributed by atoms with Crippen molar-refractivity contribution >= 4 is 23.7 Å². The van der Waals surface area contributed by atoms with Gasteiger partial charge in [0.2, 0.25) is 0 Å². The highest BCUT2D eigenvalue weighted by Gasteiger charge is 2.60. The number of hydrogen-bond acceptors (Lipinski definition) is 4. The van der Waals surface area contributed by atoms with Gasteiger partial charge in [-0.3, -0.25) is 0 Å². The fraction of sp³-hybridized carbons (Fsp3) is 0.100. The van der Waals surface area contributed by atoms with Crippen LogP contribution in [0, 0.1) is 0 Å². The lowest BCUT2D eigenvalue weighted by Crippen LogP contribution is -2.37. The molecule has 1 spiro atoms. The van der Waals surface area contributed by atoms with E-state index in [1.54, 1.807) is 0 Å². The zero-order valence-electron chi connectivity index (χ0n) is 12.4. The molecule has 2 aromatic rings. The topological polar surface area (TPSA) is 43.4 Å². The number of benzene rings is 2. The van der Waals surface area contributed by atoms with Gasteiger partial charge in [-0.2, -0.15) is 0 Å². The number of thioether (sulfide) groups is 1. The number of rotatable bonds is 0. The van der Waals surface area contributed by atoms with E-state index >= 15 is 0 Å². The van der Waals surface area contributed by atoms with Gasteiger partial charge in [0.15, 0.2) is 0 Å². The fourth-order valence-electron chi connectivity index (χ4n) is 4.52. The molecule has 4 heteroatoms. The molecular weight excluding hydrogens is 320 g/mol. The van der Waals surface area contributed by atoms with Gasteiger partial charge in [0.1, 0.15) is 4.91 Å². The van der Waals surface area contributed by atoms with Crippen LogP contribution in [0.1, 0.15) is 28.2 Å². The van der Waals surface area contributed by atoms with E-state index in [4.69, 9.17) is 4.74 Å². The van der Waals surface area contributed by atoms with Crippen molar-refractivity contribution in [1.29, 1.82) is 0 Å². The first-order valence-corrected chi connectivity index (χ1v) is 8.65. The first-order chi connectivity index (χ1) is 11.7. The van der Waals surface area contributed by atoms with Crippen molar-refractivity contribution in [2.24, 2.45) is 0 Å².